The van der Waals surface area contributed by atoms with Gasteiger partial charge < -0.3 is 5.32 Å². The average Bonchev–Trinajstić information content (AvgIpc) is 2.73. The van der Waals surface area contributed by atoms with E-state index in [4.69, 9.17) is 17.2 Å². The number of unbranched alkanes of at least 4 members (excludes halogenated alkanes) is 2. The van der Waals surface area contributed by atoms with Gasteiger partial charge in [0, 0.05) is 6.42 Å². The van der Waals surface area contributed by atoms with Crippen LogP contribution in [-0.4, -0.2) is 10.7 Å². The van der Waals surface area contributed by atoms with Gasteiger partial charge in [-0.15, -0.1) is 0 Å². The van der Waals surface area contributed by atoms with Crippen molar-refractivity contribution >= 4 is 34.3 Å². The number of hydrogen-bond donors (Lipinski definition) is 1. The van der Waals surface area contributed by atoms with Crippen LogP contribution in [0, 0.1) is 0 Å². The quantitative estimate of drug-likeness (QED) is 0.565. The summed E-state index contributed by atoms with van der Waals surface area (Å²) < 4.78 is 0. The van der Waals surface area contributed by atoms with Crippen molar-refractivity contribution in [1.82, 2.24) is 0 Å². The summed E-state index contributed by atoms with van der Waals surface area (Å²) in [4.78, 5) is 5.65. The highest BCUT2D eigenvalue weighted by Gasteiger charge is 2.14. The predicted octanol–water partition coefficient (Wildman–Crippen LogP) is 5.68. The van der Waals surface area contributed by atoms with Crippen molar-refractivity contribution in [3.63, 3.8) is 0 Å². The van der Waals surface area contributed by atoms with Crippen LogP contribution in [0.15, 0.2) is 53.5 Å². The number of anilines is 1. The molecule has 0 radical (unpaired) electrons. The van der Waals surface area contributed by atoms with Crippen LogP contribution in [0.3, 0.4) is 0 Å². The number of nitrogens with one attached hydrogen (secondary N) is 1. The smallest absolute Gasteiger partial charge is 0.0868 e. The number of rotatable bonds is 5. The van der Waals surface area contributed by atoms with E-state index in [1.165, 1.54) is 24.8 Å². The highest BCUT2D eigenvalue weighted by Crippen LogP contribution is 2.29. The predicted molar refractivity (Wildman–Crippen MR) is 103 cm³/mol. The Balaban J connectivity index is 1.83. The standard InChI is InChI=1S/C20H22N2S/c1-2-3-4-7-15-10-12-16(13-11-15)19-14-20(23)22-18-9-6-5-8-17(18)21-19/h5-6,8-13H,2-4,7,14H2,1H3,(H,22,23). The zero-order chi connectivity index (χ0) is 16.1. The summed E-state index contributed by atoms with van der Waals surface area (Å²) in [6.07, 6.45) is 5.66. The molecule has 3 rings (SSSR count). The maximum atomic E-state index is 5.45. The molecule has 0 atom stereocenters. The molecule has 1 aliphatic heterocycles. The van der Waals surface area contributed by atoms with Gasteiger partial charge in [-0.25, -0.2) is 0 Å². The molecule has 0 unspecified atom stereocenters. The average molecular weight is 322 g/mol. The first kappa shape index (κ1) is 15.9. The first-order valence-electron chi connectivity index (χ1n) is 8.32. The molecule has 0 aliphatic carbocycles. The molecule has 2 nitrogen and oxygen atoms in total. The summed E-state index contributed by atoms with van der Waals surface area (Å²) in [6, 6.07) is 16.8. The van der Waals surface area contributed by atoms with E-state index in [9.17, 15) is 0 Å². The minimum atomic E-state index is 0.680. The Morgan fingerprint density at radius 2 is 1.83 bits per heavy atom. The molecule has 0 aromatic heterocycles. The molecule has 2 aromatic carbocycles. The lowest BCUT2D eigenvalue weighted by molar-refractivity contribution is 0.717. The van der Waals surface area contributed by atoms with Crippen molar-refractivity contribution in [2.45, 2.75) is 39.0 Å². The van der Waals surface area contributed by atoms with Crippen LogP contribution in [0.25, 0.3) is 0 Å². The summed E-state index contributed by atoms with van der Waals surface area (Å²) in [7, 11) is 0. The number of benzene rings is 2. The van der Waals surface area contributed by atoms with E-state index in [1.807, 2.05) is 24.3 Å². The van der Waals surface area contributed by atoms with Gasteiger partial charge in [0.2, 0.25) is 0 Å². The van der Waals surface area contributed by atoms with Gasteiger partial charge in [-0.2, -0.15) is 0 Å². The first-order valence-corrected chi connectivity index (χ1v) is 8.73. The zero-order valence-electron chi connectivity index (χ0n) is 13.5. The van der Waals surface area contributed by atoms with Gasteiger partial charge in [-0.3, -0.25) is 4.99 Å². The van der Waals surface area contributed by atoms with Gasteiger partial charge in [-0.05, 0) is 36.1 Å². The van der Waals surface area contributed by atoms with Crippen LogP contribution in [0.5, 0.6) is 0 Å². The molecular formula is C20H22N2S. The molecule has 2 aromatic rings. The van der Waals surface area contributed by atoms with Crippen molar-refractivity contribution < 1.29 is 0 Å². The zero-order valence-corrected chi connectivity index (χ0v) is 14.3. The van der Waals surface area contributed by atoms with Crippen molar-refractivity contribution in [1.29, 1.82) is 0 Å². The number of aryl methyl sites for hydroxylation is 1. The van der Waals surface area contributed by atoms with Crippen LogP contribution in [0.2, 0.25) is 0 Å². The number of aliphatic imine (C=N–C) groups is 1. The Labute approximate surface area is 143 Å². The third kappa shape index (κ3) is 4.05. The van der Waals surface area contributed by atoms with E-state index < -0.39 is 0 Å². The molecule has 1 heterocycles. The van der Waals surface area contributed by atoms with Crippen molar-refractivity contribution in [3.05, 3.63) is 59.7 Å². The van der Waals surface area contributed by atoms with Crippen LogP contribution in [0.1, 0.15) is 43.7 Å². The van der Waals surface area contributed by atoms with Gasteiger partial charge >= 0.3 is 0 Å². The summed E-state index contributed by atoms with van der Waals surface area (Å²) in [6.45, 7) is 2.24. The largest absolute Gasteiger partial charge is 0.348 e. The fourth-order valence-electron chi connectivity index (χ4n) is 2.82. The third-order valence-electron chi connectivity index (χ3n) is 4.12. The number of fused-ring (bicyclic) bond motifs is 1. The minimum absolute atomic E-state index is 0.680. The number of nitrogens with zero attached hydrogens (tertiary/aromatic N) is 1. The fraction of sp³-hybridized carbons (Fsp3) is 0.300. The molecule has 0 fully saturated rings. The molecule has 1 N–H and O–H groups in total. The van der Waals surface area contributed by atoms with Gasteiger partial charge in [0.15, 0.2) is 0 Å². The van der Waals surface area contributed by atoms with Gasteiger partial charge in [-0.1, -0.05) is 68.4 Å². The lowest BCUT2D eigenvalue weighted by Crippen LogP contribution is -2.12. The van der Waals surface area contributed by atoms with E-state index in [2.05, 4.69) is 36.5 Å². The molecule has 1 aliphatic rings. The van der Waals surface area contributed by atoms with Crippen molar-refractivity contribution in [2.75, 3.05) is 5.32 Å². The Morgan fingerprint density at radius 3 is 2.61 bits per heavy atom. The van der Waals surface area contributed by atoms with Gasteiger partial charge in [0.1, 0.15) is 0 Å². The molecule has 0 bridgehead atoms. The van der Waals surface area contributed by atoms with Gasteiger partial charge in [0.05, 0.1) is 22.1 Å². The molecule has 0 saturated carbocycles. The van der Waals surface area contributed by atoms with Crippen LogP contribution >= 0.6 is 12.2 Å². The monoisotopic (exact) mass is 322 g/mol. The van der Waals surface area contributed by atoms with E-state index in [0.29, 0.717) is 6.42 Å². The summed E-state index contributed by atoms with van der Waals surface area (Å²) in [5.74, 6) is 0. The maximum Gasteiger partial charge on any atom is 0.0868 e. The van der Waals surface area contributed by atoms with Crippen molar-refractivity contribution in [3.8, 4) is 0 Å². The Hall–Kier alpha value is -2.00. The van der Waals surface area contributed by atoms with E-state index in [1.54, 1.807) is 0 Å². The normalized spacial score (nSPS) is 13.8. The summed E-state index contributed by atoms with van der Waals surface area (Å²) in [5.41, 5.74) is 5.54. The van der Waals surface area contributed by atoms with E-state index in [-0.39, 0.29) is 0 Å². The second-order valence-electron chi connectivity index (χ2n) is 5.95. The van der Waals surface area contributed by atoms with Gasteiger partial charge in [0.25, 0.3) is 0 Å². The Bertz CT molecular complexity index is 717. The topological polar surface area (TPSA) is 24.4 Å². The Morgan fingerprint density at radius 1 is 1.04 bits per heavy atom. The summed E-state index contributed by atoms with van der Waals surface area (Å²) >= 11 is 5.45. The van der Waals surface area contributed by atoms with Crippen LogP contribution in [-0.2, 0) is 6.42 Å². The summed E-state index contributed by atoms with van der Waals surface area (Å²) in [5, 5.41) is 3.28. The minimum Gasteiger partial charge on any atom is -0.348 e. The lowest BCUT2D eigenvalue weighted by atomic mass is 10.0. The first-order chi connectivity index (χ1) is 11.3. The van der Waals surface area contributed by atoms with Crippen LogP contribution in [0.4, 0.5) is 11.4 Å². The second kappa shape index (κ2) is 7.51. The molecule has 118 valence electrons. The molecule has 0 amide bonds. The highest BCUT2D eigenvalue weighted by atomic mass is 32.1. The van der Waals surface area contributed by atoms with E-state index >= 15 is 0 Å². The molecule has 3 heteroatoms. The number of para-hydroxylation sites is 2. The SMILES string of the molecule is CCCCCc1ccc(C2=Nc3ccccc3NC(=S)C2)cc1. The Kier molecular flexibility index (Phi) is 5.19. The second-order valence-corrected chi connectivity index (χ2v) is 6.45. The third-order valence-corrected chi connectivity index (χ3v) is 4.36. The van der Waals surface area contributed by atoms with Crippen molar-refractivity contribution in [2.24, 2.45) is 4.99 Å². The lowest BCUT2D eigenvalue weighted by Gasteiger charge is -2.07. The molecule has 0 spiro atoms. The number of thiocarbonyl (C=S) groups is 1. The molecular weight excluding hydrogens is 300 g/mol. The van der Waals surface area contributed by atoms with E-state index in [0.717, 1.165) is 34.1 Å². The number of hydrogen-bond acceptors (Lipinski definition) is 2. The van der Waals surface area contributed by atoms with Crippen LogP contribution < -0.4 is 5.32 Å². The molecule has 23 heavy (non-hydrogen) atoms. The maximum absolute atomic E-state index is 5.45. The molecule has 0 saturated heterocycles. The highest BCUT2D eigenvalue weighted by molar-refractivity contribution is 7.80. The fourth-order valence-corrected chi connectivity index (χ4v) is 3.06.